The Balaban J connectivity index is 0.00000261. The van der Waals surface area contributed by atoms with Gasteiger partial charge in [-0.15, -0.1) is 0 Å². The minimum atomic E-state index is -2.93. The number of ether oxygens (including phenoxy) is 3. The van der Waals surface area contributed by atoms with Crippen molar-refractivity contribution in [3.05, 3.63) is 36.0 Å². The third-order valence-corrected chi connectivity index (χ3v) is 4.53. The van der Waals surface area contributed by atoms with Gasteiger partial charge in [-0.3, -0.25) is 4.21 Å². The van der Waals surface area contributed by atoms with Crippen molar-refractivity contribution in [1.29, 1.82) is 0 Å². The maximum absolute atomic E-state index is 12.5. The zero-order chi connectivity index (χ0) is 18.7. The molecule has 0 spiro atoms. The van der Waals surface area contributed by atoms with Crippen LogP contribution in [0, 0.1) is 0 Å². The molecule has 2 heterocycles. The van der Waals surface area contributed by atoms with Crippen molar-refractivity contribution in [2.75, 3.05) is 14.2 Å². The molecule has 0 saturated carbocycles. The van der Waals surface area contributed by atoms with E-state index in [1.54, 1.807) is 12.1 Å². The molecule has 1 aromatic carbocycles. The molecule has 138 valence electrons. The molecule has 0 saturated heterocycles. The summed E-state index contributed by atoms with van der Waals surface area (Å²) in [6.45, 7) is -2.93. The van der Waals surface area contributed by atoms with E-state index in [4.69, 9.17) is 9.47 Å². The number of benzene rings is 1. The van der Waals surface area contributed by atoms with Gasteiger partial charge < -0.3 is 24.2 Å². The average molecular weight is 405 g/mol. The van der Waals surface area contributed by atoms with Gasteiger partial charge in [0.2, 0.25) is 0 Å². The monoisotopic (exact) mass is 405 g/mol. The topological polar surface area (TPSA) is 84.6 Å². The predicted molar refractivity (Wildman–Crippen MR) is 89.1 cm³/mol. The molecule has 0 bridgehead atoms. The molecule has 7 nitrogen and oxygen atoms in total. The first kappa shape index (κ1) is 21.5. The zero-order valence-corrected chi connectivity index (χ0v) is 17.6. The largest absolute Gasteiger partial charge is 1.00 e. The number of pyridine rings is 1. The van der Waals surface area contributed by atoms with Crippen LogP contribution in [0.2, 0.25) is 0 Å². The molecule has 0 amide bonds. The summed E-state index contributed by atoms with van der Waals surface area (Å²) < 4.78 is 51.6. The summed E-state index contributed by atoms with van der Waals surface area (Å²) in [6, 6.07) is 7.48. The molecule has 0 aliphatic rings. The third kappa shape index (κ3) is 5.16. The van der Waals surface area contributed by atoms with Crippen LogP contribution in [0.25, 0.3) is 11.0 Å². The van der Waals surface area contributed by atoms with Crippen molar-refractivity contribution < 1.29 is 56.8 Å². The smallest absolute Gasteiger partial charge is 0.491 e. The van der Waals surface area contributed by atoms with Gasteiger partial charge in [-0.05, 0) is 35.3 Å². The summed E-state index contributed by atoms with van der Waals surface area (Å²) in [6.07, 6.45) is 0. The van der Waals surface area contributed by atoms with E-state index in [9.17, 15) is 13.0 Å². The summed E-state index contributed by atoms with van der Waals surface area (Å²) in [5.74, 6) is 0.774. The molecule has 0 N–H and O–H groups in total. The van der Waals surface area contributed by atoms with Crippen LogP contribution in [0.4, 0.5) is 8.78 Å². The first-order valence-corrected chi connectivity index (χ1v) is 8.67. The first-order chi connectivity index (χ1) is 12.5. The van der Waals surface area contributed by atoms with Gasteiger partial charge >= 0.3 is 36.2 Å². The van der Waals surface area contributed by atoms with Gasteiger partial charge in [0, 0.05) is 5.16 Å². The molecule has 3 rings (SSSR count). The molecule has 0 aliphatic carbocycles. The van der Waals surface area contributed by atoms with Crippen molar-refractivity contribution in [3.8, 4) is 17.4 Å². The molecular weight excluding hydrogens is 391 g/mol. The van der Waals surface area contributed by atoms with Gasteiger partial charge in [0.15, 0.2) is 5.75 Å². The Kier molecular flexibility index (Phi) is 7.54. The van der Waals surface area contributed by atoms with Crippen molar-refractivity contribution in [1.82, 2.24) is 15.0 Å². The molecule has 0 aliphatic heterocycles. The molecule has 11 heteroatoms. The second-order valence-electron chi connectivity index (χ2n) is 5.04. The average Bonchev–Trinajstić information content (AvgIpc) is 3.04. The summed E-state index contributed by atoms with van der Waals surface area (Å²) in [5.41, 5.74) is 1.28. The number of alkyl halides is 2. The number of aromatic nitrogens is 3. The number of fused-ring (bicyclic) bond motifs is 1. The molecule has 0 fully saturated rings. The second kappa shape index (κ2) is 9.45. The van der Waals surface area contributed by atoms with E-state index in [0.717, 1.165) is 0 Å². The molecule has 3 aromatic rings. The Bertz CT molecular complexity index is 955. The van der Waals surface area contributed by atoms with Crippen LogP contribution in [0.15, 0.2) is 35.5 Å². The van der Waals surface area contributed by atoms with Crippen molar-refractivity contribution in [2.45, 2.75) is 17.5 Å². The van der Waals surface area contributed by atoms with Crippen LogP contribution < -0.4 is 48.8 Å². The van der Waals surface area contributed by atoms with E-state index in [2.05, 4.69) is 19.7 Å². The van der Waals surface area contributed by atoms with Gasteiger partial charge in [0.05, 0.1) is 36.5 Å². The molecule has 0 radical (unpaired) electrons. The summed E-state index contributed by atoms with van der Waals surface area (Å²) in [4.78, 5) is 12.5. The first-order valence-electron chi connectivity index (χ1n) is 7.35. The van der Waals surface area contributed by atoms with Crippen molar-refractivity contribution >= 4 is 21.8 Å². The molecular formula is C16H14F2N3NaO4S. The quantitative estimate of drug-likeness (QED) is 0.491. The maximum atomic E-state index is 12.5. The van der Waals surface area contributed by atoms with Crippen molar-refractivity contribution in [3.63, 3.8) is 0 Å². The number of rotatable bonds is 7. The van der Waals surface area contributed by atoms with Crippen molar-refractivity contribution in [2.24, 2.45) is 0 Å². The SMILES string of the molecule is COc1ccc(CS(=O)c2nc3cc(OC(F)F)ccc3[n-]2)nc1OC.[Na+]. The molecule has 1 unspecified atom stereocenters. The summed E-state index contributed by atoms with van der Waals surface area (Å²) >= 11 is 0. The van der Waals surface area contributed by atoms with E-state index in [-0.39, 0.29) is 52.1 Å². The summed E-state index contributed by atoms with van der Waals surface area (Å²) in [7, 11) is 1.38. The fraction of sp³-hybridized carbons (Fsp3) is 0.250. The van der Waals surface area contributed by atoms with Crippen LogP contribution in [-0.4, -0.2) is 35.0 Å². The van der Waals surface area contributed by atoms with E-state index >= 15 is 0 Å². The van der Waals surface area contributed by atoms with E-state index < -0.39 is 17.4 Å². The minimum absolute atomic E-state index is 0. The Hall–Kier alpha value is -1.75. The van der Waals surface area contributed by atoms with E-state index in [1.807, 2.05) is 0 Å². The van der Waals surface area contributed by atoms with Crippen LogP contribution in [-0.2, 0) is 16.6 Å². The fourth-order valence-electron chi connectivity index (χ4n) is 2.24. The number of halogens is 2. The molecule has 27 heavy (non-hydrogen) atoms. The van der Waals surface area contributed by atoms with Crippen LogP contribution in [0.3, 0.4) is 0 Å². The summed E-state index contributed by atoms with van der Waals surface area (Å²) in [5, 5.41) is 0.0887. The van der Waals surface area contributed by atoms with Crippen LogP contribution in [0.5, 0.6) is 17.4 Å². The third-order valence-electron chi connectivity index (χ3n) is 3.38. The van der Waals surface area contributed by atoms with Crippen LogP contribution in [0.1, 0.15) is 5.69 Å². The fourth-order valence-corrected chi connectivity index (χ4v) is 3.20. The molecule has 2 aromatic heterocycles. The maximum Gasteiger partial charge on any atom is 1.00 e. The van der Waals surface area contributed by atoms with Gasteiger partial charge in [-0.2, -0.15) is 8.78 Å². The normalized spacial score (nSPS) is 11.9. The minimum Gasteiger partial charge on any atom is -0.491 e. The van der Waals surface area contributed by atoms with E-state index in [0.29, 0.717) is 22.5 Å². The number of methoxy groups -OCH3 is 2. The number of hydrogen-bond donors (Lipinski definition) is 0. The number of hydrogen-bond acceptors (Lipinski definition) is 6. The second-order valence-corrected chi connectivity index (χ2v) is 6.38. The number of imidazole rings is 1. The molecule has 1 atom stereocenters. The van der Waals surface area contributed by atoms with Gasteiger partial charge in [-0.1, -0.05) is 6.07 Å². The van der Waals surface area contributed by atoms with E-state index in [1.165, 1.54) is 32.4 Å². The Morgan fingerprint density at radius 2 is 1.93 bits per heavy atom. The van der Waals surface area contributed by atoms with Gasteiger partial charge in [0.1, 0.15) is 5.75 Å². The Labute approximate surface area is 178 Å². The Morgan fingerprint density at radius 1 is 1.15 bits per heavy atom. The number of nitrogens with zero attached hydrogens (tertiary/aromatic N) is 3. The van der Waals surface area contributed by atoms with Crippen LogP contribution >= 0.6 is 0 Å². The predicted octanol–water partition coefficient (Wildman–Crippen LogP) is -0.483. The van der Waals surface area contributed by atoms with Gasteiger partial charge in [-0.25, -0.2) is 4.98 Å². The van der Waals surface area contributed by atoms with Gasteiger partial charge in [0.25, 0.3) is 5.88 Å². The standard InChI is InChI=1S/C16H14F2N3O4S.Na/c1-23-13-6-3-9(19-14(13)24-2)8-26(22)16-20-11-5-4-10(25-15(17)18)7-12(11)21-16;/h3-7,15H,8H2,1-2H3;/q-1;+1. The Morgan fingerprint density at radius 3 is 2.59 bits per heavy atom. The zero-order valence-electron chi connectivity index (χ0n) is 14.8.